The fourth-order valence-corrected chi connectivity index (χ4v) is 4.41. The highest BCUT2D eigenvalue weighted by Crippen LogP contribution is 2.34. The van der Waals surface area contributed by atoms with Gasteiger partial charge in [0.25, 0.3) is 11.6 Å². The van der Waals surface area contributed by atoms with Gasteiger partial charge in [-0.15, -0.1) is 11.3 Å². The summed E-state index contributed by atoms with van der Waals surface area (Å²) in [6.45, 7) is 7.40. The molecular formula is C18H22N2O3S. The SMILES string of the molecule is CC(C)(C)CC1CCCN1C(=O)c1cc2cc([N+](=O)[O-])ccc2s1. The van der Waals surface area contributed by atoms with Crippen molar-refractivity contribution in [2.45, 2.75) is 46.1 Å². The van der Waals surface area contributed by atoms with Crippen LogP contribution in [-0.2, 0) is 0 Å². The van der Waals surface area contributed by atoms with Crippen molar-refractivity contribution in [3.63, 3.8) is 0 Å². The average Bonchev–Trinajstić information content (AvgIpc) is 3.10. The lowest BCUT2D eigenvalue weighted by molar-refractivity contribution is -0.384. The fourth-order valence-electron chi connectivity index (χ4n) is 3.41. The van der Waals surface area contributed by atoms with Gasteiger partial charge < -0.3 is 4.90 Å². The summed E-state index contributed by atoms with van der Waals surface area (Å²) in [7, 11) is 0. The molecule has 1 aromatic carbocycles. The number of carbonyl (C=O) groups is 1. The van der Waals surface area contributed by atoms with Crippen LogP contribution < -0.4 is 0 Å². The Morgan fingerprint density at radius 1 is 1.38 bits per heavy atom. The molecule has 0 aliphatic carbocycles. The number of hydrogen-bond donors (Lipinski definition) is 0. The summed E-state index contributed by atoms with van der Waals surface area (Å²) in [4.78, 5) is 26.1. The molecule has 0 radical (unpaired) electrons. The highest BCUT2D eigenvalue weighted by molar-refractivity contribution is 7.20. The molecule has 1 unspecified atom stereocenters. The normalized spacial score (nSPS) is 18.3. The van der Waals surface area contributed by atoms with E-state index in [4.69, 9.17) is 0 Å². The minimum atomic E-state index is -0.404. The molecule has 3 rings (SSSR count). The van der Waals surface area contributed by atoms with Crippen LogP contribution in [0.3, 0.4) is 0 Å². The van der Waals surface area contributed by atoms with E-state index >= 15 is 0 Å². The zero-order valence-corrected chi connectivity index (χ0v) is 15.1. The topological polar surface area (TPSA) is 63.5 Å². The molecule has 1 aliphatic rings. The summed E-state index contributed by atoms with van der Waals surface area (Å²) in [5, 5.41) is 11.7. The first kappa shape index (κ1) is 16.9. The minimum Gasteiger partial charge on any atom is -0.335 e. The molecule has 0 spiro atoms. The third-order valence-electron chi connectivity index (χ3n) is 4.41. The van der Waals surface area contributed by atoms with Gasteiger partial charge in [0.1, 0.15) is 0 Å². The zero-order chi connectivity index (χ0) is 17.5. The maximum atomic E-state index is 12.9. The number of hydrogen-bond acceptors (Lipinski definition) is 4. The van der Waals surface area contributed by atoms with Gasteiger partial charge in [-0.25, -0.2) is 0 Å². The number of non-ortho nitro benzene ring substituents is 1. The summed E-state index contributed by atoms with van der Waals surface area (Å²) in [5.74, 6) is 0.0607. The van der Waals surface area contributed by atoms with Crippen LogP contribution in [0.25, 0.3) is 10.1 Å². The van der Waals surface area contributed by atoms with Crippen LogP contribution in [0.1, 0.15) is 49.7 Å². The lowest BCUT2D eigenvalue weighted by Gasteiger charge is -2.30. The maximum Gasteiger partial charge on any atom is 0.270 e. The van der Waals surface area contributed by atoms with Gasteiger partial charge in [-0.1, -0.05) is 20.8 Å². The molecule has 1 fully saturated rings. The standard InChI is InChI=1S/C18H22N2O3S/c1-18(2,3)11-14-5-4-8-19(14)17(21)16-10-12-9-13(20(22)23)6-7-15(12)24-16/h6-7,9-10,14H,4-5,8,11H2,1-3H3. The van der Waals surface area contributed by atoms with E-state index in [1.807, 2.05) is 4.90 Å². The third-order valence-corrected chi connectivity index (χ3v) is 5.51. The van der Waals surface area contributed by atoms with Crippen molar-refractivity contribution in [3.05, 3.63) is 39.3 Å². The lowest BCUT2D eigenvalue weighted by Crippen LogP contribution is -2.37. The molecule has 6 heteroatoms. The Hall–Kier alpha value is -1.95. The smallest absolute Gasteiger partial charge is 0.270 e. The van der Waals surface area contributed by atoms with Crippen LogP contribution in [0, 0.1) is 15.5 Å². The predicted molar refractivity (Wildman–Crippen MR) is 96.6 cm³/mol. The Morgan fingerprint density at radius 2 is 2.12 bits per heavy atom. The summed E-state index contributed by atoms with van der Waals surface area (Å²) in [5.41, 5.74) is 0.250. The highest BCUT2D eigenvalue weighted by Gasteiger charge is 2.32. The number of benzene rings is 1. The molecule has 1 aromatic heterocycles. The van der Waals surface area contributed by atoms with Crippen LogP contribution in [0.15, 0.2) is 24.3 Å². The van der Waals surface area contributed by atoms with Crippen LogP contribution in [-0.4, -0.2) is 28.3 Å². The molecule has 24 heavy (non-hydrogen) atoms. The van der Waals surface area contributed by atoms with Crippen LogP contribution >= 0.6 is 11.3 Å². The molecule has 1 amide bonds. The van der Waals surface area contributed by atoms with Crippen molar-refractivity contribution in [1.29, 1.82) is 0 Å². The second-order valence-electron chi connectivity index (χ2n) is 7.65. The summed E-state index contributed by atoms with van der Waals surface area (Å²) >= 11 is 1.42. The number of nitro benzene ring substituents is 1. The first-order valence-electron chi connectivity index (χ1n) is 8.23. The average molecular weight is 346 g/mol. The lowest BCUT2D eigenvalue weighted by atomic mass is 9.87. The van der Waals surface area contributed by atoms with Crippen molar-refractivity contribution in [3.8, 4) is 0 Å². The van der Waals surface area contributed by atoms with Gasteiger partial charge in [0.05, 0.1) is 9.80 Å². The molecule has 0 saturated carbocycles. The number of nitro groups is 1. The minimum absolute atomic E-state index is 0.0607. The monoisotopic (exact) mass is 346 g/mol. The van der Waals surface area contributed by atoms with E-state index in [0.29, 0.717) is 4.88 Å². The molecule has 128 valence electrons. The number of thiophene rings is 1. The second kappa shape index (κ2) is 6.16. The van der Waals surface area contributed by atoms with Crippen molar-refractivity contribution in [2.75, 3.05) is 6.54 Å². The number of likely N-dealkylation sites (tertiary alicyclic amines) is 1. The fraction of sp³-hybridized carbons (Fsp3) is 0.500. The number of amides is 1. The van der Waals surface area contributed by atoms with Crippen LogP contribution in [0.2, 0.25) is 0 Å². The van der Waals surface area contributed by atoms with Gasteiger partial charge in [0, 0.05) is 34.8 Å². The first-order valence-corrected chi connectivity index (χ1v) is 9.05. The molecule has 1 saturated heterocycles. The molecule has 0 bridgehead atoms. The van der Waals surface area contributed by atoms with Crippen LogP contribution in [0.4, 0.5) is 5.69 Å². The van der Waals surface area contributed by atoms with E-state index in [1.165, 1.54) is 17.4 Å². The van der Waals surface area contributed by atoms with E-state index in [-0.39, 0.29) is 23.1 Å². The largest absolute Gasteiger partial charge is 0.335 e. The Morgan fingerprint density at radius 3 is 2.79 bits per heavy atom. The quantitative estimate of drug-likeness (QED) is 0.589. The Labute approximate surface area is 145 Å². The molecule has 0 N–H and O–H groups in total. The first-order chi connectivity index (χ1) is 11.2. The van der Waals surface area contributed by atoms with Crippen molar-refractivity contribution < 1.29 is 9.72 Å². The van der Waals surface area contributed by atoms with E-state index < -0.39 is 4.92 Å². The molecule has 1 atom stereocenters. The number of rotatable bonds is 3. The predicted octanol–water partition coefficient (Wildman–Crippen LogP) is 4.85. The summed E-state index contributed by atoms with van der Waals surface area (Å²) in [6.07, 6.45) is 3.09. The summed E-state index contributed by atoms with van der Waals surface area (Å²) < 4.78 is 0.913. The molecule has 1 aliphatic heterocycles. The van der Waals surface area contributed by atoms with E-state index in [2.05, 4.69) is 20.8 Å². The Kier molecular flexibility index (Phi) is 4.34. The van der Waals surface area contributed by atoms with E-state index in [0.717, 1.165) is 35.9 Å². The van der Waals surface area contributed by atoms with Gasteiger partial charge >= 0.3 is 0 Å². The van der Waals surface area contributed by atoms with Crippen molar-refractivity contribution in [1.82, 2.24) is 4.90 Å². The second-order valence-corrected chi connectivity index (χ2v) is 8.73. The molecular weight excluding hydrogens is 324 g/mol. The van der Waals surface area contributed by atoms with Crippen molar-refractivity contribution >= 4 is 33.0 Å². The van der Waals surface area contributed by atoms with Gasteiger partial charge in [-0.3, -0.25) is 14.9 Å². The number of fused-ring (bicyclic) bond motifs is 1. The van der Waals surface area contributed by atoms with Crippen molar-refractivity contribution in [2.24, 2.45) is 5.41 Å². The Bertz CT molecular complexity index is 791. The van der Waals surface area contributed by atoms with Gasteiger partial charge in [-0.05, 0) is 36.8 Å². The van der Waals surface area contributed by atoms with Crippen LogP contribution in [0.5, 0.6) is 0 Å². The zero-order valence-electron chi connectivity index (χ0n) is 14.2. The van der Waals surface area contributed by atoms with Gasteiger partial charge in [0.15, 0.2) is 0 Å². The molecule has 2 aromatic rings. The van der Waals surface area contributed by atoms with E-state index in [9.17, 15) is 14.9 Å². The highest BCUT2D eigenvalue weighted by atomic mass is 32.1. The third kappa shape index (κ3) is 3.43. The van der Waals surface area contributed by atoms with E-state index in [1.54, 1.807) is 18.2 Å². The number of nitrogens with zero attached hydrogens (tertiary/aromatic N) is 2. The Balaban J connectivity index is 1.86. The summed E-state index contributed by atoms with van der Waals surface area (Å²) in [6, 6.07) is 6.84. The van der Waals surface area contributed by atoms with Gasteiger partial charge in [0.2, 0.25) is 0 Å². The maximum absolute atomic E-state index is 12.9. The van der Waals surface area contributed by atoms with Gasteiger partial charge in [-0.2, -0.15) is 0 Å². The molecule has 2 heterocycles. The number of carbonyl (C=O) groups excluding carboxylic acids is 1. The molecule has 5 nitrogen and oxygen atoms in total.